The molecule has 0 radical (unpaired) electrons. The van der Waals surface area contributed by atoms with Crippen molar-refractivity contribution in [2.24, 2.45) is 0 Å². The standard InChI is InChI=1S/C17H16N2O2/c1-11-18-15-8-13(6-7-17(15)21-11)19-16-10-20-9-12-4-2-3-5-14(12)16/h2-8,16,19H,9-10H2,1H3. The van der Waals surface area contributed by atoms with Gasteiger partial charge in [-0.3, -0.25) is 0 Å². The first-order valence-corrected chi connectivity index (χ1v) is 7.09. The first-order chi connectivity index (χ1) is 10.3. The van der Waals surface area contributed by atoms with Gasteiger partial charge in [0, 0.05) is 12.6 Å². The van der Waals surface area contributed by atoms with Gasteiger partial charge in [0.25, 0.3) is 0 Å². The highest BCUT2D eigenvalue weighted by Gasteiger charge is 2.20. The summed E-state index contributed by atoms with van der Waals surface area (Å²) in [5.41, 5.74) is 5.28. The molecule has 2 aromatic carbocycles. The monoisotopic (exact) mass is 280 g/mol. The maximum atomic E-state index is 5.68. The molecule has 0 spiro atoms. The van der Waals surface area contributed by atoms with Crippen LogP contribution in [-0.2, 0) is 11.3 Å². The molecule has 1 aliphatic rings. The van der Waals surface area contributed by atoms with Gasteiger partial charge >= 0.3 is 0 Å². The number of oxazole rings is 1. The van der Waals surface area contributed by atoms with E-state index in [0.29, 0.717) is 19.1 Å². The van der Waals surface area contributed by atoms with Crippen molar-refractivity contribution >= 4 is 16.8 Å². The van der Waals surface area contributed by atoms with Crippen LogP contribution in [-0.4, -0.2) is 11.6 Å². The van der Waals surface area contributed by atoms with Crippen molar-refractivity contribution in [3.63, 3.8) is 0 Å². The molecule has 0 fully saturated rings. The number of aromatic nitrogens is 1. The molecule has 4 nitrogen and oxygen atoms in total. The zero-order valence-electron chi connectivity index (χ0n) is 11.8. The number of hydrogen-bond donors (Lipinski definition) is 1. The molecule has 1 unspecified atom stereocenters. The molecule has 2 heterocycles. The average molecular weight is 280 g/mol. The minimum Gasteiger partial charge on any atom is -0.441 e. The molecule has 4 heteroatoms. The van der Waals surface area contributed by atoms with Gasteiger partial charge in [-0.25, -0.2) is 4.98 Å². The van der Waals surface area contributed by atoms with E-state index in [1.54, 1.807) is 0 Å². The minimum absolute atomic E-state index is 0.167. The lowest BCUT2D eigenvalue weighted by molar-refractivity contribution is 0.0970. The van der Waals surface area contributed by atoms with Crippen LogP contribution < -0.4 is 5.32 Å². The molecule has 0 bridgehead atoms. The number of hydrogen-bond acceptors (Lipinski definition) is 4. The van der Waals surface area contributed by atoms with Gasteiger partial charge < -0.3 is 14.5 Å². The highest BCUT2D eigenvalue weighted by molar-refractivity contribution is 5.77. The molecule has 0 saturated carbocycles. The number of benzene rings is 2. The molecule has 106 valence electrons. The summed E-state index contributed by atoms with van der Waals surface area (Å²) in [7, 11) is 0. The van der Waals surface area contributed by atoms with Gasteiger partial charge in [-0.1, -0.05) is 24.3 Å². The summed E-state index contributed by atoms with van der Waals surface area (Å²) in [6.45, 7) is 3.22. The van der Waals surface area contributed by atoms with E-state index in [-0.39, 0.29) is 6.04 Å². The minimum atomic E-state index is 0.167. The van der Waals surface area contributed by atoms with Crippen molar-refractivity contribution in [3.8, 4) is 0 Å². The van der Waals surface area contributed by atoms with Crippen LogP contribution in [0.15, 0.2) is 46.9 Å². The van der Waals surface area contributed by atoms with E-state index in [1.807, 2.05) is 25.1 Å². The van der Waals surface area contributed by atoms with Crippen molar-refractivity contribution < 1.29 is 9.15 Å². The lowest BCUT2D eigenvalue weighted by Gasteiger charge is -2.27. The third-order valence-corrected chi connectivity index (χ3v) is 3.81. The van der Waals surface area contributed by atoms with Crippen LogP contribution in [0, 0.1) is 6.92 Å². The Morgan fingerprint density at radius 1 is 1.19 bits per heavy atom. The zero-order chi connectivity index (χ0) is 14.2. The van der Waals surface area contributed by atoms with Crippen molar-refractivity contribution in [1.82, 2.24) is 4.98 Å². The summed E-state index contributed by atoms with van der Waals surface area (Å²) in [6, 6.07) is 14.6. The molecule has 21 heavy (non-hydrogen) atoms. The number of nitrogens with zero attached hydrogens (tertiary/aromatic N) is 1. The Hall–Kier alpha value is -2.33. The fourth-order valence-corrected chi connectivity index (χ4v) is 2.84. The van der Waals surface area contributed by atoms with Crippen LogP contribution in [0.1, 0.15) is 23.1 Å². The van der Waals surface area contributed by atoms with Crippen LogP contribution in [0.2, 0.25) is 0 Å². The lowest BCUT2D eigenvalue weighted by Crippen LogP contribution is -2.23. The first-order valence-electron chi connectivity index (χ1n) is 7.09. The molecule has 0 aliphatic carbocycles. The highest BCUT2D eigenvalue weighted by Crippen LogP contribution is 2.29. The third kappa shape index (κ3) is 2.28. The molecule has 3 aromatic rings. The smallest absolute Gasteiger partial charge is 0.192 e. The molecule has 0 saturated heterocycles. The number of rotatable bonds is 2. The van der Waals surface area contributed by atoms with Crippen LogP contribution in [0.4, 0.5) is 5.69 Å². The quantitative estimate of drug-likeness (QED) is 0.775. The fourth-order valence-electron chi connectivity index (χ4n) is 2.84. The molecular formula is C17H16N2O2. The largest absolute Gasteiger partial charge is 0.441 e. The maximum Gasteiger partial charge on any atom is 0.192 e. The van der Waals surface area contributed by atoms with E-state index in [9.17, 15) is 0 Å². The summed E-state index contributed by atoms with van der Waals surface area (Å²) in [4.78, 5) is 4.37. The number of aryl methyl sites for hydroxylation is 1. The Morgan fingerprint density at radius 3 is 3.05 bits per heavy atom. The van der Waals surface area contributed by atoms with E-state index in [2.05, 4.69) is 34.6 Å². The molecule has 1 aliphatic heterocycles. The predicted octanol–water partition coefficient (Wildman–Crippen LogP) is 3.82. The second kappa shape index (κ2) is 4.90. The zero-order valence-corrected chi connectivity index (χ0v) is 11.8. The number of fused-ring (bicyclic) bond motifs is 2. The summed E-state index contributed by atoms with van der Waals surface area (Å²) in [6.07, 6.45) is 0. The van der Waals surface area contributed by atoms with Gasteiger partial charge in [-0.2, -0.15) is 0 Å². The number of nitrogens with one attached hydrogen (secondary N) is 1. The van der Waals surface area contributed by atoms with Crippen LogP contribution in [0.5, 0.6) is 0 Å². The predicted molar refractivity (Wildman–Crippen MR) is 81.2 cm³/mol. The fraction of sp³-hybridized carbons (Fsp3) is 0.235. The second-order valence-electron chi connectivity index (χ2n) is 5.33. The SMILES string of the molecule is Cc1nc2cc(NC3COCc4ccccc43)ccc2o1. The Balaban J connectivity index is 1.65. The van der Waals surface area contributed by atoms with Crippen molar-refractivity contribution in [2.75, 3.05) is 11.9 Å². The Labute approximate surface area is 122 Å². The van der Waals surface area contributed by atoms with Gasteiger partial charge in [0.2, 0.25) is 0 Å². The normalized spacial score (nSPS) is 17.7. The van der Waals surface area contributed by atoms with Crippen molar-refractivity contribution in [2.45, 2.75) is 19.6 Å². The summed E-state index contributed by atoms with van der Waals surface area (Å²) < 4.78 is 11.2. The molecule has 1 aromatic heterocycles. The second-order valence-corrected chi connectivity index (χ2v) is 5.33. The van der Waals surface area contributed by atoms with Gasteiger partial charge in [0.1, 0.15) is 5.52 Å². The highest BCUT2D eigenvalue weighted by atomic mass is 16.5. The Morgan fingerprint density at radius 2 is 2.10 bits per heavy atom. The molecule has 4 rings (SSSR count). The first kappa shape index (κ1) is 12.4. The number of ether oxygens (including phenoxy) is 1. The topological polar surface area (TPSA) is 47.3 Å². The van der Waals surface area contributed by atoms with Crippen LogP contribution in [0.3, 0.4) is 0 Å². The van der Waals surface area contributed by atoms with E-state index < -0.39 is 0 Å². The summed E-state index contributed by atoms with van der Waals surface area (Å²) in [5, 5.41) is 3.53. The van der Waals surface area contributed by atoms with Crippen molar-refractivity contribution in [3.05, 3.63) is 59.5 Å². The van der Waals surface area contributed by atoms with Crippen molar-refractivity contribution in [1.29, 1.82) is 0 Å². The van der Waals surface area contributed by atoms with E-state index in [1.165, 1.54) is 11.1 Å². The maximum absolute atomic E-state index is 5.68. The molecule has 1 N–H and O–H groups in total. The molecule has 0 amide bonds. The van der Waals surface area contributed by atoms with Gasteiger partial charge in [-0.15, -0.1) is 0 Å². The summed E-state index contributed by atoms with van der Waals surface area (Å²) >= 11 is 0. The third-order valence-electron chi connectivity index (χ3n) is 3.81. The van der Waals surface area contributed by atoms with Gasteiger partial charge in [0.05, 0.1) is 19.3 Å². The summed E-state index contributed by atoms with van der Waals surface area (Å²) in [5.74, 6) is 0.688. The molecule has 1 atom stereocenters. The van der Waals surface area contributed by atoms with Gasteiger partial charge in [0.15, 0.2) is 11.5 Å². The molecular weight excluding hydrogens is 264 g/mol. The van der Waals surface area contributed by atoms with Gasteiger partial charge in [-0.05, 0) is 29.3 Å². The Bertz CT molecular complexity index is 794. The van der Waals surface area contributed by atoms with Crippen LogP contribution >= 0.6 is 0 Å². The Kier molecular flexibility index (Phi) is 2.89. The van der Waals surface area contributed by atoms with E-state index >= 15 is 0 Å². The number of anilines is 1. The lowest BCUT2D eigenvalue weighted by atomic mass is 9.99. The van der Waals surface area contributed by atoms with E-state index in [0.717, 1.165) is 16.8 Å². The van der Waals surface area contributed by atoms with Crippen LogP contribution in [0.25, 0.3) is 11.1 Å². The van der Waals surface area contributed by atoms with E-state index in [4.69, 9.17) is 9.15 Å². The average Bonchev–Trinajstić information content (AvgIpc) is 2.87.